The molecule has 0 aliphatic heterocycles. The molecule has 1 aromatic rings. The van der Waals surface area contributed by atoms with Gasteiger partial charge in [0.25, 0.3) is 0 Å². The molecule has 0 unspecified atom stereocenters. The summed E-state index contributed by atoms with van der Waals surface area (Å²) in [6, 6.07) is 9.36. The number of rotatable bonds is 8. The number of nitrogens with one attached hydrogen (secondary N) is 2. The molecule has 0 aromatic heterocycles. The van der Waals surface area contributed by atoms with Crippen molar-refractivity contribution in [3.05, 3.63) is 30.3 Å². The summed E-state index contributed by atoms with van der Waals surface area (Å²) >= 11 is 0. The van der Waals surface area contributed by atoms with Gasteiger partial charge in [0.1, 0.15) is 0 Å². The largest absolute Gasteiger partial charge is 0.326 e. The predicted molar refractivity (Wildman–Crippen MR) is 72.7 cm³/mol. The Morgan fingerprint density at radius 2 is 1.47 bits per heavy atom. The molecule has 104 valence electrons. The van der Waals surface area contributed by atoms with E-state index in [9.17, 15) is 9.59 Å². The number of carbonyl (C=O) groups excluding carboxylic acids is 2. The standard InChI is InChI=1S/C14H20N2O3/c17-13(15-12-8-4-3-5-9-12)10-6-1-2-7-11-14(18)16-19/h3-5,8-9,19H,1-2,6-7,10-11H2,(H,15,17)(H,16,18)/i3+1,4+1,5+1,8+1,9+1,12+1. The second-order valence-corrected chi connectivity index (χ2v) is 4.36. The lowest BCUT2D eigenvalue weighted by Crippen LogP contribution is -2.17. The van der Waals surface area contributed by atoms with E-state index < -0.39 is 0 Å². The van der Waals surface area contributed by atoms with Crippen LogP contribution in [-0.4, -0.2) is 17.0 Å². The number of carbonyl (C=O) groups is 2. The number of amides is 2. The zero-order valence-electron chi connectivity index (χ0n) is 10.9. The van der Waals surface area contributed by atoms with Crippen LogP contribution < -0.4 is 10.8 Å². The molecule has 5 nitrogen and oxygen atoms in total. The summed E-state index contributed by atoms with van der Waals surface area (Å²) in [5.74, 6) is -0.346. The van der Waals surface area contributed by atoms with Crippen LogP contribution in [0.4, 0.5) is 5.69 Å². The molecule has 0 aliphatic rings. The highest BCUT2D eigenvalue weighted by Crippen LogP contribution is 2.09. The van der Waals surface area contributed by atoms with Gasteiger partial charge < -0.3 is 5.32 Å². The Morgan fingerprint density at radius 3 is 2.05 bits per heavy atom. The number of anilines is 1. The third-order valence-electron chi connectivity index (χ3n) is 2.74. The minimum absolute atomic E-state index is 0.0132. The van der Waals surface area contributed by atoms with Crippen molar-refractivity contribution in [2.75, 3.05) is 5.32 Å². The molecule has 2 amide bonds. The summed E-state index contributed by atoms with van der Waals surface area (Å²) in [7, 11) is 0. The Bertz CT molecular complexity index is 393. The first-order chi connectivity index (χ1) is 9.22. The van der Waals surface area contributed by atoms with Crippen LogP contribution in [0.15, 0.2) is 30.3 Å². The molecule has 0 fully saturated rings. The zero-order valence-corrected chi connectivity index (χ0v) is 10.9. The smallest absolute Gasteiger partial charge is 0.243 e. The van der Waals surface area contributed by atoms with E-state index >= 15 is 0 Å². The van der Waals surface area contributed by atoms with E-state index in [4.69, 9.17) is 5.21 Å². The van der Waals surface area contributed by atoms with Crippen LogP contribution in [0.1, 0.15) is 38.5 Å². The van der Waals surface area contributed by atoms with Gasteiger partial charge in [0, 0.05) is 18.5 Å². The van der Waals surface area contributed by atoms with Gasteiger partial charge in [-0.25, -0.2) is 5.48 Å². The highest BCUT2D eigenvalue weighted by Gasteiger charge is 2.02. The SMILES string of the molecule is O=C(CCCCCCC(=O)N[13c]1[13cH][13cH][13cH][13cH][13cH]1)NO. The average molecular weight is 270 g/mol. The van der Waals surface area contributed by atoms with Gasteiger partial charge in [0.15, 0.2) is 0 Å². The lowest BCUT2D eigenvalue weighted by atomic mass is 10.1. The Kier molecular flexibility index (Phi) is 7.27. The van der Waals surface area contributed by atoms with Crippen molar-refractivity contribution < 1.29 is 14.8 Å². The molecule has 0 spiro atoms. The third-order valence-corrected chi connectivity index (χ3v) is 2.74. The summed E-state index contributed by atoms with van der Waals surface area (Å²) in [6.45, 7) is 0. The Hall–Kier alpha value is -1.88. The van der Waals surface area contributed by atoms with Crippen LogP contribution in [0.25, 0.3) is 0 Å². The predicted octanol–water partition coefficient (Wildman–Crippen LogP) is 2.47. The molecule has 0 aliphatic carbocycles. The topological polar surface area (TPSA) is 78.4 Å². The lowest BCUT2D eigenvalue weighted by Gasteiger charge is -2.04. The maximum atomic E-state index is 11.6. The fourth-order valence-corrected chi connectivity index (χ4v) is 1.73. The number of para-hydroxylation sites is 1. The molecule has 1 rings (SSSR count). The number of hydrogen-bond acceptors (Lipinski definition) is 3. The van der Waals surface area contributed by atoms with Crippen LogP contribution in [0.3, 0.4) is 0 Å². The highest BCUT2D eigenvalue weighted by atomic mass is 16.5. The van der Waals surface area contributed by atoms with Crippen LogP contribution >= 0.6 is 0 Å². The van der Waals surface area contributed by atoms with E-state index in [0.29, 0.717) is 12.8 Å². The number of benzene rings is 1. The summed E-state index contributed by atoms with van der Waals surface area (Å²) in [5, 5.41) is 11.1. The minimum atomic E-state index is -0.359. The van der Waals surface area contributed by atoms with E-state index in [0.717, 1.165) is 31.4 Å². The van der Waals surface area contributed by atoms with Crippen LogP contribution in [0.2, 0.25) is 0 Å². The quantitative estimate of drug-likeness (QED) is 0.386. The van der Waals surface area contributed by atoms with E-state index in [1.54, 1.807) is 5.48 Å². The second kappa shape index (κ2) is 9.10. The van der Waals surface area contributed by atoms with E-state index in [1.807, 2.05) is 30.3 Å². The molecule has 0 saturated carbocycles. The first-order valence-corrected chi connectivity index (χ1v) is 6.50. The van der Waals surface area contributed by atoms with Gasteiger partial charge in [-0.15, -0.1) is 0 Å². The highest BCUT2D eigenvalue weighted by molar-refractivity contribution is 5.90. The molecular weight excluding hydrogens is 250 g/mol. The normalized spacial score (nSPS) is 9.95. The Morgan fingerprint density at radius 1 is 0.895 bits per heavy atom. The molecule has 0 bridgehead atoms. The molecular formula is C14H20N2O3. The molecule has 3 N–H and O–H groups in total. The van der Waals surface area contributed by atoms with Crippen molar-refractivity contribution in [2.24, 2.45) is 0 Å². The Labute approximate surface area is 113 Å². The van der Waals surface area contributed by atoms with Gasteiger partial charge >= 0.3 is 0 Å². The fraction of sp³-hybridized carbons (Fsp3) is 0.429. The van der Waals surface area contributed by atoms with Gasteiger partial charge in [0.05, 0.1) is 0 Å². The molecule has 0 saturated heterocycles. The van der Waals surface area contributed by atoms with Gasteiger partial charge in [-0.2, -0.15) is 0 Å². The average Bonchev–Trinajstić information content (AvgIpc) is 2.43. The first-order valence-electron chi connectivity index (χ1n) is 6.50. The van der Waals surface area contributed by atoms with Crippen LogP contribution in [0.5, 0.6) is 0 Å². The summed E-state index contributed by atoms with van der Waals surface area (Å²) in [5.41, 5.74) is 2.41. The minimum Gasteiger partial charge on any atom is -0.326 e. The number of hydrogen-bond donors (Lipinski definition) is 3. The molecule has 19 heavy (non-hydrogen) atoms. The lowest BCUT2D eigenvalue weighted by molar-refractivity contribution is -0.129. The summed E-state index contributed by atoms with van der Waals surface area (Å²) in [6.07, 6.45) is 4.13. The van der Waals surface area contributed by atoms with Crippen molar-refractivity contribution in [1.82, 2.24) is 5.48 Å². The number of unbranched alkanes of at least 4 members (excludes halogenated alkanes) is 3. The van der Waals surface area contributed by atoms with Gasteiger partial charge in [-0.3, -0.25) is 14.8 Å². The van der Waals surface area contributed by atoms with Gasteiger partial charge in [-0.05, 0) is 25.0 Å². The van der Waals surface area contributed by atoms with Crippen molar-refractivity contribution in [3.8, 4) is 0 Å². The zero-order chi connectivity index (χ0) is 13.9. The van der Waals surface area contributed by atoms with E-state index in [2.05, 4.69) is 5.32 Å². The fourth-order valence-electron chi connectivity index (χ4n) is 1.73. The van der Waals surface area contributed by atoms with Crippen molar-refractivity contribution in [3.63, 3.8) is 0 Å². The molecule has 5 heteroatoms. The molecule has 0 heterocycles. The molecule has 0 radical (unpaired) electrons. The molecule has 1 aromatic carbocycles. The Balaban J connectivity index is 2.03. The number of hydroxylamine groups is 1. The maximum absolute atomic E-state index is 11.6. The van der Waals surface area contributed by atoms with Crippen molar-refractivity contribution >= 4 is 17.5 Å². The van der Waals surface area contributed by atoms with Gasteiger partial charge in [0.2, 0.25) is 11.8 Å². The summed E-state index contributed by atoms with van der Waals surface area (Å²) in [4.78, 5) is 22.3. The van der Waals surface area contributed by atoms with E-state index in [1.165, 1.54) is 0 Å². The monoisotopic (exact) mass is 270 g/mol. The van der Waals surface area contributed by atoms with Gasteiger partial charge in [-0.1, -0.05) is 31.0 Å². The summed E-state index contributed by atoms with van der Waals surface area (Å²) < 4.78 is 0. The van der Waals surface area contributed by atoms with Crippen molar-refractivity contribution in [2.45, 2.75) is 38.5 Å². The van der Waals surface area contributed by atoms with E-state index in [-0.39, 0.29) is 11.8 Å². The van der Waals surface area contributed by atoms with Crippen molar-refractivity contribution in [1.29, 1.82) is 0 Å². The second-order valence-electron chi connectivity index (χ2n) is 4.36. The third kappa shape index (κ3) is 7.21. The van der Waals surface area contributed by atoms with Crippen LogP contribution in [0, 0.1) is 0 Å². The maximum Gasteiger partial charge on any atom is 0.243 e. The first kappa shape index (κ1) is 15.2. The van der Waals surface area contributed by atoms with Crippen LogP contribution in [-0.2, 0) is 9.59 Å². The molecule has 0 atom stereocenters.